The quantitative estimate of drug-likeness (QED) is 0.197. The maximum absolute atomic E-state index is 5.03. The van der Waals surface area contributed by atoms with Crippen LogP contribution in [0.15, 0.2) is 170 Å². The molecule has 4 nitrogen and oxygen atoms in total. The summed E-state index contributed by atoms with van der Waals surface area (Å²) in [6.45, 7) is 0. The van der Waals surface area contributed by atoms with Crippen molar-refractivity contribution in [1.82, 2.24) is 19.5 Å². The van der Waals surface area contributed by atoms with Crippen molar-refractivity contribution in [3.63, 3.8) is 0 Å². The Morgan fingerprint density at radius 3 is 1.34 bits per heavy atom. The summed E-state index contributed by atoms with van der Waals surface area (Å²) < 4.78 is 2.32. The Bertz CT molecular complexity index is 2500. The zero-order valence-corrected chi connectivity index (χ0v) is 25.5. The molecule has 0 amide bonds. The lowest BCUT2D eigenvalue weighted by atomic mass is 10.00. The van der Waals surface area contributed by atoms with Gasteiger partial charge in [0.2, 0.25) is 0 Å². The molecule has 0 saturated carbocycles. The summed E-state index contributed by atoms with van der Waals surface area (Å²) in [4.78, 5) is 15.0. The molecule has 7 aromatic carbocycles. The fraction of sp³-hybridized carbons (Fsp3) is 0. The molecule has 0 radical (unpaired) electrons. The number of para-hydroxylation sites is 2. The molecule has 47 heavy (non-hydrogen) atoms. The second-order valence-corrected chi connectivity index (χ2v) is 11.7. The molecule has 2 heterocycles. The van der Waals surface area contributed by atoms with Gasteiger partial charge in [-0.1, -0.05) is 121 Å². The van der Waals surface area contributed by atoms with Crippen LogP contribution in [0.1, 0.15) is 0 Å². The van der Waals surface area contributed by atoms with Crippen LogP contribution in [0, 0.1) is 0 Å². The van der Waals surface area contributed by atoms with E-state index in [0.29, 0.717) is 17.5 Å². The summed E-state index contributed by atoms with van der Waals surface area (Å²) in [6, 6.07) is 59.3. The SMILES string of the molecule is c1ccc(-c2ccc3cc(-c4nc(-c5ccccc5)nc(-c5ccc(-n6c7ccccc7c7ccccc76)cc5)n4)ccc3c2)cc1. The fourth-order valence-corrected chi connectivity index (χ4v) is 6.51. The second kappa shape index (κ2) is 11.2. The lowest BCUT2D eigenvalue weighted by Gasteiger charge is -2.11. The van der Waals surface area contributed by atoms with Crippen molar-refractivity contribution in [3.8, 4) is 51.0 Å². The van der Waals surface area contributed by atoms with Gasteiger partial charge in [0.25, 0.3) is 0 Å². The zero-order valence-electron chi connectivity index (χ0n) is 25.5. The Morgan fingerprint density at radius 1 is 0.319 bits per heavy atom. The highest BCUT2D eigenvalue weighted by molar-refractivity contribution is 6.09. The first kappa shape index (κ1) is 27.0. The summed E-state index contributed by atoms with van der Waals surface area (Å²) in [6.07, 6.45) is 0. The zero-order chi connectivity index (χ0) is 31.2. The predicted molar refractivity (Wildman–Crippen MR) is 193 cm³/mol. The summed E-state index contributed by atoms with van der Waals surface area (Å²) in [5.74, 6) is 1.94. The van der Waals surface area contributed by atoms with E-state index in [1.165, 1.54) is 38.3 Å². The smallest absolute Gasteiger partial charge is 0.164 e. The minimum absolute atomic E-state index is 0.641. The Morgan fingerprint density at radius 2 is 0.745 bits per heavy atom. The van der Waals surface area contributed by atoms with E-state index in [1.807, 2.05) is 36.4 Å². The van der Waals surface area contributed by atoms with Crippen LogP contribution < -0.4 is 0 Å². The third kappa shape index (κ3) is 4.84. The van der Waals surface area contributed by atoms with Gasteiger partial charge in [-0.15, -0.1) is 0 Å². The Balaban J connectivity index is 1.14. The number of fused-ring (bicyclic) bond motifs is 4. The molecule has 9 aromatic rings. The molecule has 0 saturated heterocycles. The van der Waals surface area contributed by atoms with E-state index in [9.17, 15) is 0 Å². The van der Waals surface area contributed by atoms with Gasteiger partial charge in [-0.2, -0.15) is 0 Å². The van der Waals surface area contributed by atoms with Crippen molar-refractivity contribution in [2.45, 2.75) is 0 Å². The van der Waals surface area contributed by atoms with Gasteiger partial charge in [-0.05, 0) is 70.4 Å². The summed E-state index contributed by atoms with van der Waals surface area (Å²) in [7, 11) is 0. The molecule has 2 aromatic heterocycles. The molecule has 0 aliphatic rings. The highest BCUT2D eigenvalue weighted by Crippen LogP contribution is 2.33. The van der Waals surface area contributed by atoms with E-state index in [-0.39, 0.29) is 0 Å². The van der Waals surface area contributed by atoms with Crippen molar-refractivity contribution >= 4 is 32.6 Å². The molecule has 4 heteroatoms. The molecule has 9 rings (SSSR count). The van der Waals surface area contributed by atoms with E-state index in [1.54, 1.807) is 0 Å². The fourth-order valence-electron chi connectivity index (χ4n) is 6.51. The molecule has 0 atom stereocenters. The van der Waals surface area contributed by atoms with E-state index < -0.39 is 0 Å². The van der Waals surface area contributed by atoms with Crippen LogP contribution in [0.2, 0.25) is 0 Å². The number of benzene rings is 7. The number of rotatable bonds is 5. The standard InChI is InChI=1S/C43H28N4/c1-3-11-29(12-4-1)32-19-20-34-28-35(22-21-33(34)27-32)43-45-41(30-13-5-2-6-14-30)44-42(46-43)31-23-25-36(26-24-31)47-39-17-9-7-15-37(39)38-16-8-10-18-40(38)47/h1-28H. The van der Waals surface area contributed by atoms with E-state index >= 15 is 0 Å². The van der Waals surface area contributed by atoms with Gasteiger partial charge in [-0.25, -0.2) is 15.0 Å². The molecule has 0 aliphatic heterocycles. The predicted octanol–water partition coefficient (Wildman–Crippen LogP) is 10.8. The van der Waals surface area contributed by atoms with Gasteiger partial charge in [-0.3, -0.25) is 0 Å². The van der Waals surface area contributed by atoms with E-state index in [0.717, 1.165) is 27.8 Å². The molecular weight excluding hydrogens is 573 g/mol. The Hall–Kier alpha value is -6.39. The van der Waals surface area contributed by atoms with Gasteiger partial charge in [0.1, 0.15) is 0 Å². The summed E-state index contributed by atoms with van der Waals surface area (Å²) in [5, 5.41) is 4.80. The maximum atomic E-state index is 5.03. The van der Waals surface area contributed by atoms with Crippen molar-refractivity contribution in [3.05, 3.63) is 170 Å². The molecule has 0 fully saturated rings. The molecule has 0 unspecified atom stereocenters. The minimum Gasteiger partial charge on any atom is -0.309 e. The molecule has 0 bridgehead atoms. The highest BCUT2D eigenvalue weighted by atomic mass is 15.0. The lowest BCUT2D eigenvalue weighted by molar-refractivity contribution is 1.07. The van der Waals surface area contributed by atoms with Crippen LogP contribution in [0.25, 0.3) is 83.6 Å². The maximum Gasteiger partial charge on any atom is 0.164 e. The normalized spacial score (nSPS) is 11.4. The number of nitrogens with zero attached hydrogens (tertiary/aromatic N) is 4. The Labute approximate surface area is 272 Å². The third-order valence-corrected chi connectivity index (χ3v) is 8.84. The van der Waals surface area contributed by atoms with Crippen molar-refractivity contribution in [2.24, 2.45) is 0 Å². The third-order valence-electron chi connectivity index (χ3n) is 8.84. The van der Waals surface area contributed by atoms with Gasteiger partial charge in [0.15, 0.2) is 17.5 Å². The van der Waals surface area contributed by atoms with Crippen molar-refractivity contribution < 1.29 is 0 Å². The van der Waals surface area contributed by atoms with Crippen LogP contribution >= 0.6 is 0 Å². The average Bonchev–Trinajstić information content (AvgIpc) is 3.49. The topological polar surface area (TPSA) is 43.6 Å². The van der Waals surface area contributed by atoms with E-state index in [4.69, 9.17) is 15.0 Å². The van der Waals surface area contributed by atoms with Crippen LogP contribution in [0.4, 0.5) is 0 Å². The first-order chi connectivity index (χ1) is 23.3. The molecule has 0 spiro atoms. The van der Waals surface area contributed by atoms with Crippen molar-refractivity contribution in [2.75, 3.05) is 0 Å². The summed E-state index contributed by atoms with van der Waals surface area (Å²) >= 11 is 0. The average molecular weight is 601 g/mol. The van der Waals surface area contributed by atoms with Gasteiger partial charge in [0.05, 0.1) is 11.0 Å². The van der Waals surface area contributed by atoms with Crippen LogP contribution in [-0.4, -0.2) is 19.5 Å². The number of hydrogen-bond donors (Lipinski definition) is 0. The largest absolute Gasteiger partial charge is 0.309 e. The van der Waals surface area contributed by atoms with Crippen LogP contribution in [-0.2, 0) is 0 Å². The number of aromatic nitrogens is 4. The van der Waals surface area contributed by atoms with Gasteiger partial charge >= 0.3 is 0 Å². The van der Waals surface area contributed by atoms with E-state index in [2.05, 4.69) is 138 Å². The lowest BCUT2D eigenvalue weighted by Crippen LogP contribution is -2.00. The first-order valence-electron chi connectivity index (χ1n) is 15.8. The van der Waals surface area contributed by atoms with Gasteiger partial charge < -0.3 is 4.57 Å². The van der Waals surface area contributed by atoms with Gasteiger partial charge in [0, 0.05) is 33.2 Å². The first-order valence-corrected chi connectivity index (χ1v) is 15.8. The second-order valence-electron chi connectivity index (χ2n) is 11.7. The van der Waals surface area contributed by atoms with Crippen LogP contribution in [0.3, 0.4) is 0 Å². The number of hydrogen-bond acceptors (Lipinski definition) is 3. The molecule has 220 valence electrons. The Kier molecular flexibility index (Phi) is 6.43. The molecule has 0 N–H and O–H groups in total. The molecular formula is C43H28N4. The monoisotopic (exact) mass is 600 g/mol. The van der Waals surface area contributed by atoms with Crippen molar-refractivity contribution in [1.29, 1.82) is 0 Å². The minimum atomic E-state index is 0.641. The summed E-state index contributed by atoms with van der Waals surface area (Å²) in [5.41, 5.74) is 8.70. The highest BCUT2D eigenvalue weighted by Gasteiger charge is 2.15. The molecule has 0 aliphatic carbocycles. The van der Waals surface area contributed by atoms with Crippen LogP contribution in [0.5, 0.6) is 0 Å².